The van der Waals surface area contributed by atoms with Gasteiger partial charge in [-0.3, -0.25) is 4.79 Å². The average molecular weight is 270 g/mol. The second-order valence-electron chi connectivity index (χ2n) is 2.78. The molecule has 0 spiro atoms. The summed E-state index contributed by atoms with van der Waals surface area (Å²) in [6.45, 7) is 0. The van der Waals surface area contributed by atoms with Crippen molar-refractivity contribution < 1.29 is 14.7 Å². The van der Waals surface area contributed by atoms with Gasteiger partial charge in [-0.1, -0.05) is 6.07 Å². The number of primary amides is 1. The topological polar surface area (TPSA) is 80.4 Å². The quantitative estimate of drug-likeness (QED) is 0.819. The van der Waals surface area contributed by atoms with Gasteiger partial charge in [0, 0.05) is 10.5 Å². The number of rotatable bonds is 3. The number of carbonyl (C=O) groups is 2. The lowest BCUT2D eigenvalue weighted by Gasteiger charge is -2.00. The Labute approximate surface area is 94.5 Å². The Hall–Kier alpha value is -1.62. The van der Waals surface area contributed by atoms with Crippen molar-refractivity contribution in [1.29, 1.82) is 0 Å². The molecule has 0 aromatic heterocycles. The lowest BCUT2D eigenvalue weighted by Crippen LogP contribution is -2.05. The molecule has 3 N–H and O–H groups in total. The largest absolute Gasteiger partial charge is 0.478 e. The molecule has 1 aromatic carbocycles. The molecule has 0 aliphatic carbocycles. The van der Waals surface area contributed by atoms with Gasteiger partial charge >= 0.3 is 5.97 Å². The molecule has 0 unspecified atom stereocenters. The zero-order chi connectivity index (χ0) is 11.4. The minimum absolute atomic E-state index is 0.140. The number of carboxylic acids is 1. The third kappa shape index (κ3) is 3.21. The second kappa shape index (κ2) is 4.75. The minimum Gasteiger partial charge on any atom is -0.478 e. The molecule has 0 heterocycles. The molecule has 1 amide bonds. The summed E-state index contributed by atoms with van der Waals surface area (Å²) < 4.78 is 0.492. The Morgan fingerprint density at radius 1 is 1.40 bits per heavy atom. The van der Waals surface area contributed by atoms with Crippen LogP contribution in [0.3, 0.4) is 0 Å². The number of aromatic carboxylic acids is 1. The van der Waals surface area contributed by atoms with E-state index in [2.05, 4.69) is 15.9 Å². The van der Waals surface area contributed by atoms with Crippen LogP contribution in [0.1, 0.15) is 15.9 Å². The van der Waals surface area contributed by atoms with Crippen LogP contribution in [0.2, 0.25) is 0 Å². The number of hydrogen-bond acceptors (Lipinski definition) is 2. The van der Waals surface area contributed by atoms with Crippen LogP contribution in [0.4, 0.5) is 0 Å². The number of amides is 1. The standard InChI is InChI=1S/C10H8BrNO3/c11-8-3-1-6(2-4-9(12)13)5-7(8)10(14)15/h1-5H,(H2,12,13)(H,14,15). The molecule has 0 atom stereocenters. The number of nitrogens with two attached hydrogens (primary N) is 1. The first-order chi connectivity index (χ1) is 7.00. The molecule has 78 valence electrons. The minimum atomic E-state index is -1.03. The Kier molecular flexibility index (Phi) is 3.62. The third-order valence-corrected chi connectivity index (χ3v) is 2.35. The van der Waals surface area contributed by atoms with E-state index in [-0.39, 0.29) is 5.56 Å². The summed E-state index contributed by atoms with van der Waals surface area (Å²) in [6.07, 6.45) is 2.64. The number of carbonyl (C=O) groups excluding carboxylic acids is 1. The van der Waals surface area contributed by atoms with Crippen molar-refractivity contribution in [3.8, 4) is 0 Å². The molecule has 1 rings (SSSR count). The fourth-order valence-electron chi connectivity index (χ4n) is 0.989. The molecule has 0 saturated carbocycles. The van der Waals surface area contributed by atoms with E-state index in [0.717, 1.165) is 0 Å². The monoisotopic (exact) mass is 269 g/mol. The molecular weight excluding hydrogens is 262 g/mol. The summed E-state index contributed by atoms with van der Waals surface area (Å²) >= 11 is 3.11. The second-order valence-corrected chi connectivity index (χ2v) is 3.63. The predicted molar refractivity (Wildman–Crippen MR) is 59.3 cm³/mol. The molecule has 0 fully saturated rings. The van der Waals surface area contributed by atoms with Crippen molar-refractivity contribution >= 4 is 33.9 Å². The fourth-order valence-corrected chi connectivity index (χ4v) is 1.41. The van der Waals surface area contributed by atoms with E-state index >= 15 is 0 Å². The zero-order valence-corrected chi connectivity index (χ0v) is 9.19. The summed E-state index contributed by atoms with van der Waals surface area (Å²) in [5.41, 5.74) is 5.66. The van der Waals surface area contributed by atoms with Gasteiger partial charge in [0.05, 0.1) is 5.56 Å². The molecule has 0 aliphatic heterocycles. The summed E-state index contributed by atoms with van der Waals surface area (Å²) in [5, 5.41) is 8.82. The summed E-state index contributed by atoms with van der Waals surface area (Å²) in [5.74, 6) is -1.61. The van der Waals surface area contributed by atoms with Crippen molar-refractivity contribution in [2.24, 2.45) is 5.73 Å². The van der Waals surface area contributed by atoms with Crippen molar-refractivity contribution in [2.45, 2.75) is 0 Å². The summed E-state index contributed by atoms with van der Waals surface area (Å²) in [6, 6.07) is 4.73. The Balaban J connectivity index is 3.08. The highest BCUT2D eigenvalue weighted by Gasteiger charge is 2.07. The first-order valence-electron chi connectivity index (χ1n) is 4.01. The van der Waals surface area contributed by atoms with Gasteiger partial charge < -0.3 is 10.8 Å². The van der Waals surface area contributed by atoms with E-state index < -0.39 is 11.9 Å². The normalized spacial score (nSPS) is 10.5. The van der Waals surface area contributed by atoms with Gasteiger partial charge in [-0.05, 0) is 39.7 Å². The van der Waals surface area contributed by atoms with Crippen LogP contribution in [0.25, 0.3) is 6.08 Å². The molecule has 0 aliphatic rings. The van der Waals surface area contributed by atoms with Crippen LogP contribution in [-0.2, 0) is 4.79 Å². The molecule has 0 radical (unpaired) electrons. The lowest BCUT2D eigenvalue weighted by molar-refractivity contribution is -0.113. The van der Waals surface area contributed by atoms with Crippen LogP contribution in [0.15, 0.2) is 28.7 Å². The van der Waals surface area contributed by atoms with Crippen LogP contribution in [0, 0.1) is 0 Å². The van der Waals surface area contributed by atoms with Gasteiger partial charge in [-0.2, -0.15) is 0 Å². The van der Waals surface area contributed by atoms with E-state index in [1.807, 2.05) is 0 Å². The van der Waals surface area contributed by atoms with E-state index in [0.29, 0.717) is 10.0 Å². The Bertz CT molecular complexity index is 440. The summed E-state index contributed by atoms with van der Waals surface area (Å²) in [4.78, 5) is 21.2. The average Bonchev–Trinajstić information content (AvgIpc) is 2.16. The first kappa shape index (κ1) is 11.5. The maximum Gasteiger partial charge on any atom is 0.336 e. The highest BCUT2D eigenvalue weighted by atomic mass is 79.9. The molecule has 15 heavy (non-hydrogen) atoms. The SMILES string of the molecule is NC(=O)C=Cc1ccc(Br)c(C(=O)O)c1. The van der Waals surface area contributed by atoms with Crippen molar-refractivity contribution in [1.82, 2.24) is 0 Å². The Morgan fingerprint density at radius 3 is 2.60 bits per heavy atom. The molecule has 1 aromatic rings. The van der Waals surface area contributed by atoms with Crippen LogP contribution in [0.5, 0.6) is 0 Å². The highest BCUT2D eigenvalue weighted by molar-refractivity contribution is 9.10. The lowest BCUT2D eigenvalue weighted by atomic mass is 10.1. The van der Waals surface area contributed by atoms with Crippen molar-refractivity contribution in [3.63, 3.8) is 0 Å². The van der Waals surface area contributed by atoms with Gasteiger partial charge in [0.25, 0.3) is 0 Å². The number of halogens is 1. The van der Waals surface area contributed by atoms with Gasteiger partial charge in [0.15, 0.2) is 0 Å². The number of carboxylic acid groups (broad SMARTS) is 1. The molecule has 4 nitrogen and oxygen atoms in total. The van der Waals surface area contributed by atoms with E-state index in [4.69, 9.17) is 10.8 Å². The smallest absolute Gasteiger partial charge is 0.336 e. The van der Waals surface area contributed by atoms with Gasteiger partial charge in [0.2, 0.25) is 5.91 Å². The zero-order valence-electron chi connectivity index (χ0n) is 7.61. The third-order valence-electron chi connectivity index (χ3n) is 1.66. The van der Waals surface area contributed by atoms with Gasteiger partial charge in [0.1, 0.15) is 0 Å². The van der Waals surface area contributed by atoms with Crippen LogP contribution in [-0.4, -0.2) is 17.0 Å². The van der Waals surface area contributed by atoms with Crippen molar-refractivity contribution in [3.05, 3.63) is 39.9 Å². The maximum atomic E-state index is 10.8. The number of hydrogen-bond donors (Lipinski definition) is 2. The van der Waals surface area contributed by atoms with Crippen LogP contribution < -0.4 is 5.73 Å². The van der Waals surface area contributed by atoms with E-state index in [9.17, 15) is 9.59 Å². The first-order valence-corrected chi connectivity index (χ1v) is 4.80. The van der Waals surface area contributed by atoms with E-state index in [1.165, 1.54) is 18.2 Å². The highest BCUT2D eigenvalue weighted by Crippen LogP contribution is 2.19. The molecule has 5 heteroatoms. The molecule has 0 bridgehead atoms. The Morgan fingerprint density at radius 2 is 2.07 bits per heavy atom. The summed E-state index contributed by atoms with van der Waals surface area (Å²) in [7, 11) is 0. The number of benzene rings is 1. The van der Waals surface area contributed by atoms with Gasteiger partial charge in [-0.25, -0.2) is 4.79 Å². The fraction of sp³-hybridized carbons (Fsp3) is 0. The van der Waals surface area contributed by atoms with Gasteiger partial charge in [-0.15, -0.1) is 0 Å². The van der Waals surface area contributed by atoms with Crippen molar-refractivity contribution in [2.75, 3.05) is 0 Å². The maximum absolute atomic E-state index is 10.8. The van der Waals surface area contributed by atoms with Crippen LogP contribution >= 0.6 is 15.9 Å². The van der Waals surface area contributed by atoms with E-state index in [1.54, 1.807) is 12.1 Å². The molecular formula is C10H8BrNO3. The predicted octanol–water partition coefficient (Wildman–Crippen LogP) is 1.65. The molecule has 0 saturated heterocycles.